The van der Waals surface area contributed by atoms with Crippen LogP contribution in [0.25, 0.3) is 0 Å². The van der Waals surface area contributed by atoms with Gasteiger partial charge < -0.3 is 73.0 Å². The number of aliphatic hydroxyl groups is 5. The number of carbonyl (C=O) groups excluding carboxylic acids is 2. The molecule has 5 N–H and O–H groups in total. The number of carboxylic acids is 1. The van der Waals surface area contributed by atoms with Crippen LogP contribution in [0, 0.1) is 0 Å². The fourth-order valence-electron chi connectivity index (χ4n) is 2.34. The number of hydrogen-bond acceptors (Lipinski definition) is 17. The maximum atomic E-state index is 11.8. The molecule has 1 aliphatic rings. The van der Waals surface area contributed by atoms with Gasteiger partial charge in [-0.2, -0.15) is 0 Å². The van der Waals surface area contributed by atoms with E-state index in [0.29, 0.717) is 0 Å². The standard InChI is InChI=1S/C12H22O17P2.4K/c13-4(2-26-6(16)1-5(14)15)3-27-31(24,25)29-12-9(19)7(17)11(8(18)10(12)20)28-30(21,22)23;;;;/h4,7-13,17-20H,1-3H2,(H,14,15)(H,24,25)(H2,21,22,23);;;;/q;4*+1/p-4. The Morgan fingerprint density at radius 2 is 1.20 bits per heavy atom. The minimum atomic E-state index is -5.79. The number of esters is 1. The SMILES string of the molecule is O=C([O-])CC(=O)OCC(O)COP(=O)([O-])OC1C(O)C(O)C(OP(=O)([O-])[O-])C(O)C1O.[K+].[K+].[K+].[K+]. The van der Waals surface area contributed by atoms with Gasteiger partial charge in [-0.05, 0) is 0 Å². The maximum absolute atomic E-state index is 11.8. The largest absolute Gasteiger partial charge is 1.00 e. The van der Waals surface area contributed by atoms with E-state index in [-0.39, 0.29) is 206 Å². The van der Waals surface area contributed by atoms with Crippen LogP contribution in [0.15, 0.2) is 0 Å². The van der Waals surface area contributed by atoms with Crippen LogP contribution < -0.4 is 225 Å². The van der Waals surface area contributed by atoms with Crippen LogP contribution in [0.1, 0.15) is 6.42 Å². The average Bonchev–Trinajstić information content (AvgIpc) is 2.62. The molecule has 0 aliphatic heterocycles. The average molecular weight is 653 g/mol. The Hall–Kier alpha value is 5.51. The summed E-state index contributed by atoms with van der Waals surface area (Å²) in [6.07, 6.45) is -17.2. The Kier molecular flexibility index (Phi) is 29.9. The fourth-order valence-corrected chi connectivity index (χ4v) is 3.85. The summed E-state index contributed by atoms with van der Waals surface area (Å²) in [5, 5.41) is 58.9. The molecular weight excluding hydrogens is 634 g/mol. The van der Waals surface area contributed by atoms with Crippen molar-refractivity contribution in [2.45, 2.75) is 49.1 Å². The summed E-state index contributed by atoms with van der Waals surface area (Å²) in [5.41, 5.74) is 0. The van der Waals surface area contributed by atoms with Crippen molar-refractivity contribution >= 4 is 27.6 Å². The summed E-state index contributed by atoms with van der Waals surface area (Å²) in [4.78, 5) is 54.2. The minimum Gasteiger partial charge on any atom is -0.790 e. The Morgan fingerprint density at radius 3 is 1.57 bits per heavy atom. The van der Waals surface area contributed by atoms with Crippen molar-refractivity contribution in [3.63, 3.8) is 0 Å². The van der Waals surface area contributed by atoms with Gasteiger partial charge in [0.05, 0.1) is 26.8 Å². The van der Waals surface area contributed by atoms with Crippen molar-refractivity contribution in [3.8, 4) is 0 Å². The van der Waals surface area contributed by atoms with E-state index in [1.54, 1.807) is 0 Å². The van der Waals surface area contributed by atoms with Gasteiger partial charge in [-0.25, -0.2) is 0 Å². The molecule has 1 fully saturated rings. The molecule has 35 heavy (non-hydrogen) atoms. The first-order chi connectivity index (χ1) is 14.0. The Bertz CT molecular complexity index is 724. The number of phosphoric ester groups is 2. The minimum absolute atomic E-state index is 0. The van der Waals surface area contributed by atoms with Gasteiger partial charge in [-0.1, -0.05) is 0 Å². The first-order valence-electron chi connectivity index (χ1n) is 8.14. The fraction of sp³-hybridized carbons (Fsp3) is 0.833. The van der Waals surface area contributed by atoms with E-state index in [9.17, 15) is 64.0 Å². The number of carboxylic acid groups (broad SMARTS) is 1. The van der Waals surface area contributed by atoms with E-state index in [1.807, 2.05) is 0 Å². The van der Waals surface area contributed by atoms with E-state index < -0.39 is 89.9 Å². The molecule has 0 heterocycles. The molecule has 0 spiro atoms. The zero-order chi connectivity index (χ0) is 24.1. The number of hydrogen-bond donors (Lipinski definition) is 5. The first-order valence-corrected chi connectivity index (χ1v) is 11.1. The zero-order valence-corrected chi connectivity index (χ0v) is 33.5. The third kappa shape index (κ3) is 18.7. The first kappa shape index (κ1) is 47.4. The normalized spacial score (nSPS) is 28.5. The van der Waals surface area contributed by atoms with Crippen molar-refractivity contribution < 1.29 is 288 Å². The van der Waals surface area contributed by atoms with Crippen LogP contribution in [0.4, 0.5) is 0 Å². The van der Waals surface area contributed by atoms with Gasteiger partial charge in [0.1, 0.15) is 49.3 Å². The van der Waals surface area contributed by atoms with E-state index in [1.165, 1.54) is 0 Å². The quantitative estimate of drug-likeness (QED) is 0.0599. The van der Waals surface area contributed by atoms with E-state index in [4.69, 9.17) is 0 Å². The second kappa shape index (κ2) is 22.1. The van der Waals surface area contributed by atoms with Crippen LogP contribution in [-0.4, -0.2) is 93.4 Å². The molecule has 1 aliphatic carbocycles. The van der Waals surface area contributed by atoms with Crippen molar-refractivity contribution in [1.29, 1.82) is 0 Å². The van der Waals surface area contributed by atoms with Gasteiger partial charge in [0.2, 0.25) is 0 Å². The number of carbonyl (C=O) groups is 2. The van der Waals surface area contributed by atoms with Gasteiger partial charge in [0.15, 0.2) is 0 Å². The smallest absolute Gasteiger partial charge is 0.790 e. The van der Waals surface area contributed by atoms with E-state index >= 15 is 0 Å². The summed E-state index contributed by atoms with van der Waals surface area (Å²) in [7, 11) is -11.3. The third-order valence-electron chi connectivity index (χ3n) is 3.70. The molecule has 23 heteroatoms. The van der Waals surface area contributed by atoms with Crippen LogP contribution in [0.5, 0.6) is 0 Å². The number of aliphatic hydroxyl groups excluding tert-OH is 5. The van der Waals surface area contributed by atoms with Crippen LogP contribution >= 0.6 is 15.6 Å². The zero-order valence-electron chi connectivity index (χ0n) is 19.2. The van der Waals surface area contributed by atoms with E-state index in [0.717, 1.165) is 0 Å². The molecule has 1 saturated carbocycles. The Morgan fingerprint density at radius 1 is 0.800 bits per heavy atom. The van der Waals surface area contributed by atoms with Gasteiger partial charge in [-0.3, -0.25) is 9.36 Å². The van der Waals surface area contributed by atoms with Crippen LogP contribution in [0.2, 0.25) is 0 Å². The third-order valence-corrected chi connectivity index (χ3v) is 5.17. The Balaban J connectivity index is -0.00000120. The van der Waals surface area contributed by atoms with Crippen molar-refractivity contribution in [3.05, 3.63) is 0 Å². The van der Waals surface area contributed by atoms with Crippen molar-refractivity contribution in [2.75, 3.05) is 13.2 Å². The Labute approximate surface area is 368 Å². The van der Waals surface area contributed by atoms with Gasteiger partial charge in [0, 0.05) is 0 Å². The van der Waals surface area contributed by atoms with Gasteiger partial charge >= 0.3 is 212 Å². The van der Waals surface area contributed by atoms with Crippen LogP contribution in [0.3, 0.4) is 0 Å². The predicted molar refractivity (Wildman–Crippen MR) is 81.5 cm³/mol. The maximum Gasteiger partial charge on any atom is 1.00 e. The van der Waals surface area contributed by atoms with Crippen molar-refractivity contribution in [1.82, 2.24) is 0 Å². The second-order valence-electron chi connectivity index (χ2n) is 6.18. The second-order valence-corrected chi connectivity index (χ2v) is 8.65. The number of ether oxygens (including phenoxy) is 1. The van der Waals surface area contributed by atoms with Crippen LogP contribution in [-0.2, 0) is 37.0 Å². The summed E-state index contributed by atoms with van der Waals surface area (Å²) in [6, 6.07) is 0. The summed E-state index contributed by atoms with van der Waals surface area (Å²) < 4.78 is 39.1. The molecular formula is C12H18K4O17P2. The molecule has 0 aromatic heterocycles. The monoisotopic (exact) mass is 652 g/mol. The number of phosphoric acid groups is 2. The van der Waals surface area contributed by atoms with E-state index in [2.05, 4.69) is 18.3 Å². The van der Waals surface area contributed by atoms with Crippen molar-refractivity contribution in [2.24, 2.45) is 0 Å². The van der Waals surface area contributed by atoms with Gasteiger partial charge in [-0.15, -0.1) is 0 Å². The molecule has 0 radical (unpaired) electrons. The number of aliphatic carboxylic acids is 1. The molecule has 6 atom stereocenters. The summed E-state index contributed by atoms with van der Waals surface area (Å²) >= 11 is 0. The van der Waals surface area contributed by atoms with Gasteiger partial charge in [0.25, 0.3) is 7.82 Å². The molecule has 0 saturated heterocycles. The molecule has 0 bridgehead atoms. The number of rotatable bonds is 11. The summed E-state index contributed by atoms with van der Waals surface area (Å²) in [5.74, 6) is -3.06. The molecule has 0 aromatic carbocycles. The molecule has 17 nitrogen and oxygen atoms in total. The predicted octanol–water partition coefficient (Wildman–Crippen LogP) is -19.4. The topological polar surface area (TPSA) is 299 Å². The molecule has 6 unspecified atom stereocenters. The molecule has 0 amide bonds. The summed E-state index contributed by atoms with van der Waals surface area (Å²) in [6.45, 7) is -1.99. The molecule has 182 valence electrons. The molecule has 0 aromatic rings. The molecule has 1 rings (SSSR count).